The van der Waals surface area contributed by atoms with Gasteiger partial charge >= 0.3 is 0 Å². The lowest BCUT2D eigenvalue weighted by molar-refractivity contribution is 0.0582. The van der Waals surface area contributed by atoms with Gasteiger partial charge in [0, 0.05) is 45.2 Å². The van der Waals surface area contributed by atoms with E-state index < -0.39 is 0 Å². The molecular weight excluding hydrogens is 272 g/mol. The Morgan fingerprint density at radius 3 is 2.81 bits per heavy atom. The van der Waals surface area contributed by atoms with Crippen molar-refractivity contribution in [1.82, 2.24) is 29.9 Å². The second-order valence-electron chi connectivity index (χ2n) is 4.93. The standard InChI is InChI=1S/C13H16N6O2/c1-18-8-11(16-17-18)13(20)19-6-3-10(4-7-19)21-12-2-5-14-9-15-12/h2,5,8-10H,3-4,6-7H2,1H3. The number of carbonyl (C=O) groups is 1. The maximum atomic E-state index is 12.2. The van der Waals surface area contributed by atoms with E-state index in [1.54, 1.807) is 30.4 Å². The Morgan fingerprint density at radius 1 is 1.38 bits per heavy atom. The van der Waals surface area contributed by atoms with Crippen LogP contribution in [0.3, 0.4) is 0 Å². The second kappa shape index (κ2) is 5.86. The minimum Gasteiger partial charge on any atom is -0.474 e. The molecule has 0 unspecified atom stereocenters. The number of ether oxygens (including phenoxy) is 1. The minimum absolute atomic E-state index is 0.0748. The number of amides is 1. The maximum Gasteiger partial charge on any atom is 0.276 e. The number of rotatable bonds is 3. The summed E-state index contributed by atoms with van der Waals surface area (Å²) in [4.78, 5) is 21.9. The number of aromatic nitrogens is 5. The Kier molecular flexibility index (Phi) is 3.76. The number of hydrogen-bond acceptors (Lipinski definition) is 6. The van der Waals surface area contributed by atoms with Gasteiger partial charge in [-0.3, -0.25) is 9.48 Å². The Hall–Kier alpha value is -2.51. The summed E-state index contributed by atoms with van der Waals surface area (Å²) in [6.45, 7) is 1.29. The van der Waals surface area contributed by atoms with Gasteiger partial charge in [0.15, 0.2) is 5.69 Å². The SMILES string of the molecule is Cn1cc(C(=O)N2CCC(Oc3ccncn3)CC2)nn1. The number of aryl methyl sites for hydroxylation is 1. The van der Waals surface area contributed by atoms with Gasteiger partial charge in [-0.2, -0.15) is 0 Å². The summed E-state index contributed by atoms with van der Waals surface area (Å²) >= 11 is 0. The fraction of sp³-hybridized carbons (Fsp3) is 0.462. The Morgan fingerprint density at radius 2 is 2.19 bits per heavy atom. The van der Waals surface area contributed by atoms with Gasteiger partial charge < -0.3 is 9.64 Å². The van der Waals surface area contributed by atoms with Crippen LogP contribution in [0.1, 0.15) is 23.3 Å². The van der Waals surface area contributed by atoms with Crippen molar-refractivity contribution in [3.05, 3.63) is 30.5 Å². The molecular formula is C13H16N6O2. The first-order valence-corrected chi connectivity index (χ1v) is 6.80. The van der Waals surface area contributed by atoms with Gasteiger partial charge in [0.1, 0.15) is 12.4 Å². The molecule has 21 heavy (non-hydrogen) atoms. The first-order valence-electron chi connectivity index (χ1n) is 6.80. The average Bonchev–Trinajstić information content (AvgIpc) is 2.95. The lowest BCUT2D eigenvalue weighted by Crippen LogP contribution is -2.42. The summed E-state index contributed by atoms with van der Waals surface area (Å²) in [5.74, 6) is 0.493. The maximum absolute atomic E-state index is 12.2. The molecule has 2 aromatic heterocycles. The molecule has 1 amide bonds. The number of likely N-dealkylation sites (tertiary alicyclic amines) is 1. The molecule has 8 nitrogen and oxygen atoms in total. The van der Waals surface area contributed by atoms with E-state index in [2.05, 4.69) is 20.3 Å². The first-order chi connectivity index (χ1) is 10.2. The fourth-order valence-corrected chi connectivity index (χ4v) is 2.30. The van der Waals surface area contributed by atoms with Gasteiger partial charge in [0.2, 0.25) is 5.88 Å². The molecule has 0 bridgehead atoms. The summed E-state index contributed by atoms with van der Waals surface area (Å²) in [5.41, 5.74) is 0.382. The highest BCUT2D eigenvalue weighted by atomic mass is 16.5. The predicted molar refractivity (Wildman–Crippen MR) is 72.6 cm³/mol. The fourth-order valence-electron chi connectivity index (χ4n) is 2.30. The minimum atomic E-state index is -0.0800. The molecule has 1 fully saturated rings. The Bertz CT molecular complexity index is 606. The lowest BCUT2D eigenvalue weighted by Gasteiger charge is -2.31. The Labute approximate surface area is 121 Å². The van der Waals surface area contributed by atoms with Crippen LogP contribution in [0.5, 0.6) is 5.88 Å². The molecule has 1 saturated heterocycles. The molecule has 0 aromatic carbocycles. The van der Waals surface area contributed by atoms with Crippen molar-refractivity contribution in [2.75, 3.05) is 13.1 Å². The first kappa shape index (κ1) is 13.5. The van der Waals surface area contributed by atoms with E-state index in [0.717, 1.165) is 12.8 Å². The second-order valence-corrected chi connectivity index (χ2v) is 4.93. The number of piperidine rings is 1. The quantitative estimate of drug-likeness (QED) is 0.807. The molecule has 3 rings (SSSR count). The van der Waals surface area contributed by atoms with Gasteiger partial charge in [-0.05, 0) is 0 Å². The van der Waals surface area contributed by atoms with Crippen LogP contribution in [0.15, 0.2) is 24.8 Å². The zero-order valence-corrected chi connectivity index (χ0v) is 11.7. The molecule has 110 valence electrons. The van der Waals surface area contributed by atoms with Crippen LogP contribution in [-0.2, 0) is 7.05 Å². The summed E-state index contributed by atoms with van der Waals surface area (Å²) < 4.78 is 7.30. The lowest BCUT2D eigenvalue weighted by atomic mass is 10.1. The highest BCUT2D eigenvalue weighted by Gasteiger charge is 2.26. The van der Waals surface area contributed by atoms with Crippen molar-refractivity contribution in [2.45, 2.75) is 18.9 Å². The molecule has 0 N–H and O–H groups in total. The summed E-state index contributed by atoms with van der Waals surface area (Å²) in [5, 5.41) is 7.63. The van der Waals surface area contributed by atoms with Gasteiger partial charge in [0.25, 0.3) is 5.91 Å². The average molecular weight is 288 g/mol. The van der Waals surface area contributed by atoms with E-state index >= 15 is 0 Å². The van der Waals surface area contributed by atoms with Crippen LogP contribution >= 0.6 is 0 Å². The molecule has 0 radical (unpaired) electrons. The van der Waals surface area contributed by atoms with Gasteiger partial charge in [-0.25, -0.2) is 9.97 Å². The topological polar surface area (TPSA) is 86.0 Å². The van der Waals surface area contributed by atoms with E-state index in [-0.39, 0.29) is 12.0 Å². The van der Waals surface area contributed by atoms with E-state index in [9.17, 15) is 4.79 Å². The van der Waals surface area contributed by atoms with Gasteiger partial charge in [0.05, 0.1) is 6.20 Å². The Balaban J connectivity index is 1.54. The normalized spacial score (nSPS) is 16.0. The van der Waals surface area contributed by atoms with Crippen LogP contribution in [-0.4, -0.2) is 55.0 Å². The molecule has 0 atom stereocenters. The third-order valence-electron chi connectivity index (χ3n) is 3.39. The highest BCUT2D eigenvalue weighted by Crippen LogP contribution is 2.17. The molecule has 0 saturated carbocycles. The molecule has 1 aliphatic rings. The summed E-state index contributed by atoms with van der Waals surface area (Å²) in [6.07, 6.45) is 6.36. The zero-order valence-electron chi connectivity index (χ0n) is 11.7. The molecule has 0 aliphatic carbocycles. The van der Waals surface area contributed by atoms with Crippen molar-refractivity contribution in [1.29, 1.82) is 0 Å². The van der Waals surface area contributed by atoms with E-state index in [4.69, 9.17) is 4.74 Å². The molecule has 3 heterocycles. The monoisotopic (exact) mass is 288 g/mol. The van der Waals surface area contributed by atoms with Crippen LogP contribution in [0.2, 0.25) is 0 Å². The molecule has 0 spiro atoms. The van der Waals surface area contributed by atoms with Crippen molar-refractivity contribution in [3.63, 3.8) is 0 Å². The third-order valence-corrected chi connectivity index (χ3v) is 3.39. The van der Waals surface area contributed by atoms with Crippen LogP contribution in [0, 0.1) is 0 Å². The molecule has 2 aromatic rings. The predicted octanol–water partition coefficient (Wildman–Crippen LogP) is 0.289. The van der Waals surface area contributed by atoms with Crippen molar-refractivity contribution < 1.29 is 9.53 Å². The van der Waals surface area contributed by atoms with Crippen LogP contribution in [0.25, 0.3) is 0 Å². The van der Waals surface area contributed by atoms with E-state index in [1.165, 1.54) is 11.0 Å². The van der Waals surface area contributed by atoms with Gasteiger partial charge in [-0.1, -0.05) is 5.21 Å². The van der Waals surface area contributed by atoms with Crippen molar-refractivity contribution >= 4 is 5.91 Å². The molecule has 8 heteroatoms. The van der Waals surface area contributed by atoms with E-state index in [0.29, 0.717) is 24.7 Å². The smallest absolute Gasteiger partial charge is 0.276 e. The van der Waals surface area contributed by atoms with Crippen LogP contribution in [0.4, 0.5) is 0 Å². The molecule has 1 aliphatic heterocycles. The largest absolute Gasteiger partial charge is 0.474 e. The number of carbonyl (C=O) groups excluding carboxylic acids is 1. The van der Waals surface area contributed by atoms with Crippen LogP contribution < -0.4 is 4.74 Å². The highest BCUT2D eigenvalue weighted by molar-refractivity contribution is 5.91. The number of hydrogen-bond donors (Lipinski definition) is 0. The number of nitrogens with zero attached hydrogens (tertiary/aromatic N) is 6. The summed E-state index contributed by atoms with van der Waals surface area (Å²) in [6, 6.07) is 1.73. The summed E-state index contributed by atoms with van der Waals surface area (Å²) in [7, 11) is 1.74. The third kappa shape index (κ3) is 3.15. The van der Waals surface area contributed by atoms with E-state index in [1.807, 2.05) is 0 Å². The zero-order chi connectivity index (χ0) is 14.7. The van der Waals surface area contributed by atoms with Gasteiger partial charge in [-0.15, -0.1) is 5.10 Å². The van der Waals surface area contributed by atoms with Crippen molar-refractivity contribution in [2.24, 2.45) is 7.05 Å². The van der Waals surface area contributed by atoms with Crippen molar-refractivity contribution in [3.8, 4) is 5.88 Å².